The minimum atomic E-state index is -5.08. The molecule has 0 bridgehead atoms. The molecule has 0 aromatic heterocycles. The van der Waals surface area contributed by atoms with E-state index in [1.165, 1.54) is 10.5 Å². The van der Waals surface area contributed by atoms with Crippen molar-refractivity contribution in [3.8, 4) is 6.07 Å². The van der Waals surface area contributed by atoms with Crippen LogP contribution in [0.25, 0.3) is 0 Å². The monoisotopic (exact) mass is 477 g/mol. The van der Waals surface area contributed by atoms with E-state index in [0.29, 0.717) is 0 Å². The Morgan fingerprint density at radius 2 is 1.88 bits per heavy atom. The van der Waals surface area contributed by atoms with Crippen LogP contribution < -0.4 is 5.73 Å². The van der Waals surface area contributed by atoms with Gasteiger partial charge in [-0.15, -0.1) is 0 Å². The summed E-state index contributed by atoms with van der Waals surface area (Å²) in [6.07, 6.45) is -4.16. The Morgan fingerprint density at radius 3 is 2.38 bits per heavy atom. The third-order valence-electron chi connectivity index (χ3n) is 4.87. The number of halogens is 4. The standard InChI is InChI=1S/C19H26FN3OS.C2HF3O2/c1-19(2,25-10-6-9-14-7-4-3-5-8-14)17(22)18(24)23-13-15(20)11-16(23)12-21;3-2(4,5)1(6)7/h3-5,7-8,15-17H,6,9-11,13,22H2,1-2H3;(H,6,7)/t15-,16-,17+;/m0./s1. The Morgan fingerprint density at radius 1 is 1.31 bits per heavy atom. The molecule has 1 amide bonds. The number of aliphatic carboxylic acids is 1. The van der Waals surface area contributed by atoms with E-state index in [9.17, 15) is 22.4 Å². The molecule has 1 aliphatic rings. The summed E-state index contributed by atoms with van der Waals surface area (Å²) in [4.78, 5) is 22.8. The molecule has 0 unspecified atom stereocenters. The lowest BCUT2D eigenvalue weighted by atomic mass is 10.0. The smallest absolute Gasteiger partial charge is 0.475 e. The van der Waals surface area contributed by atoms with E-state index in [4.69, 9.17) is 20.9 Å². The lowest BCUT2D eigenvalue weighted by Gasteiger charge is -2.33. The molecule has 11 heteroatoms. The van der Waals surface area contributed by atoms with Gasteiger partial charge < -0.3 is 15.7 Å². The lowest BCUT2D eigenvalue weighted by molar-refractivity contribution is -0.192. The van der Waals surface area contributed by atoms with Gasteiger partial charge in [0.1, 0.15) is 12.2 Å². The molecule has 3 atom stereocenters. The minimum absolute atomic E-state index is 0.0283. The molecule has 1 aromatic carbocycles. The number of alkyl halides is 4. The Hall–Kier alpha value is -2.32. The Kier molecular flexibility index (Phi) is 10.4. The molecule has 1 heterocycles. The van der Waals surface area contributed by atoms with Crippen molar-refractivity contribution in [2.75, 3.05) is 12.3 Å². The summed E-state index contributed by atoms with van der Waals surface area (Å²) in [6, 6.07) is 10.8. The average Bonchev–Trinajstić information content (AvgIpc) is 3.11. The minimum Gasteiger partial charge on any atom is -0.475 e. The van der Waals surface area contributed by atoms with E-state index in [1.807, 2.05) is 38.1 Å². The highest BCUT2D eigenvalue weighted by molar-refractivity contribution is 8.00. The van der Waals surface area contributed by atoms with Gasteiger partial charge in [-0.3, -0.25) is 4.79 Å². The van der Waals surface area contributed by atoms with E-state index in [2.05, 4.69) is 12.1 Å². The van der Waals surface area contributed by atoms with Gasteiger partial charge in [-0.25, -0.2) is 9.18 Å². The number of thioether (sulfide) groups is 1. The first-order chi connectivity index (χ1) is 14.8. The number of likely N-dealkylation sites (tertiary alicyclic amines) is 1. The summed E-state index contributed by atoms with van der Waals surface area (Å²) >= 11 is 1.65. The van der Waals surface area contributed by atoms with Gasteiger partial charge in [0.25, 0.3) is 0 Å². The van der Waals surface area contributed by atoms with Gasteiger partial charge in [-0.1, -0.05) is 30.3 Å². The fourth-order valence-corrected chi connectivity index (χ4v) is 4.07. The number of carboxylic acid groups (broad SMARTS) is 1. The average molecular weight is 478 g/mol. The fraction of sp³-hybridized carbons (Fsp3) is 0.571. The van der Waals surface area contributed by atoms with Crippen LogP contribution in [0, 0.1) is 11.3 Å². The second kappa shape index (κ2) is 12.1. The van der Waals surface area contributed by atoms with E-state index < -0.39 is 35.1 Å². The molecule has 32 heavy (non-hydrogen) atoms. The highest BCUT2D eigenvalue weighted by Gasteiger charge is 2.42. The zero-order valence-electron chi connectivity index (χ0n) is 17.8. The zero-order chi connectivity index (χ0) is 24.5. The molecule has 0 aliphatic carbocycles. The molecule has 1 aliphatic heterocycles. The number of hydrogen-bond donors (Lipinski definition) is 2. The molecule has 1 saturated heterocycles. The van der Waals surface area contributed by atoms with E-state index >= 15 is 0 Å². The Labute approximate surface area is 188 Å². The molecule has 0 spiro atoms. The summed E-state index contributed by atoms with van der Waals surface area (Å²) in [6.45, 7) is 3.85. The van der Waals surface area contributed by atoms with Crippen molar-refractivity contribution in [2.24, 2.45) is 5.73 Å². The summed E-state index contributed by atoms with van der Waals surface area (Å²) < 4.78 is 44.8. The quantitative estimate of drug-likeness (QED) is 0.459. The van der Waals surface area contributed by atoms with Gasteiger partial charge in [0.2, 0.25) is 5.91 Å². The van der Waals surface area contributed by atoms with Gasteiger partial charge in [-0.05, 0) is 38.0 Å². The summed E-state index contributed by atoms with van der Waals surface area (Å²) in [5, 5.41) is 16.2. The number of amides is 1. The van der Waals surface area contributed by atoms with Gasteiger partial charge >= 0.3 is 12.1 Å². The maximum Gasteiger partial charge on any atom is 0.490 e. The van der Waals surface area contributed by atoms with Crippen molar-refractivity contribution < 1.29 is 32.3 Å². The molecule has 0 saturated carbocycles. The third-order valence-corrected chi connectivity index (χ3v) is 6.36. The fourth-order valence-electron chi connectivity index (χ4n) is 2.97. The highest BCUT2D eigenvalue weighted by Crippen LogP contribution is 2.31. The van der Waals surface area contributed by atoms with Crippen molar-refractivity contribution in [1.82, 2.24) is 4.90 Å². The number of benzene rings is 1. The van der Waals surface area contributed by atoms with Crippen LogP contribution in [0.1, 0.15) is 32.3 Å². The van der Waals surface area contributed by atoms with Gasteiger partial charge in [0.15, 0.2) is 0 Å². The SMILES string of the molecule is CC(C)(SCCCc1ccccc1)[C@H](N)C(=O)N1C[C@@H](F)C[C@H]1C#N.O=C(O)C(F)(F)F. The number of hydrogen-bond acceptors (Lipinski definition) is 5. The second-order valence-electron chi connectivity index (χ2n) is 7.79. The summed E-state index contributed by atoms with van der Waals surface area (Å²) in [5.41, 5.74) is 7.48. The van der Waals surface area contributed by atoms with Gasteiger partial charge in [0, 0.05) is 11.2 Å². The predicted octanol–water partition coefficient (Wildman–Crippen LogP) is 3.55. The molecule has 6 nitrogen and oxygen atoms in total. The number of rotatable bonds is 7. The lowest BCUT2D eigenvalue weighted by Crippen LogP contribution is -2.54. The predicted molar refractivity (Wildman–Crippen MR) is 114 cm³/mol. The number of aryl methyl sites for hydroxylation is 1. The van der Waals surface area contributed by atoms with Crippen LogP contribution in [0.5, 0.6) is 0 Å². The van der Waals surface area contributed by atoms with Gasteiger partial charge in [-0.2, -0.15) is 30.2 Å². The summed E-state index contributed by atoms with van der Waals surface area (Å²) in [5.74, 6) is -2.20. The van der Waals surface area contributed by atoms with Crippen LogP contribution in [-0.4, -0.2) is 63.4 Å². The van der Waals surface area contributed by atoms with Crippen molar-refractivity contribution in [3.63, 3.8) is 0 Å². The molecule has 1 aromatic rings. The first-order valence-electron chi connectivity index (χ1n) is 9.87. The molecule has 2 rings (SSSR count). The maximum atomic E-state index is 13.5. The second-order valence-corrected chi connectivity index (χ2v) is 9.54. The third kappa shape index (κ3) is 8.67. The molecular formula is C21H27F4N3O3S. The van der Waals surface area contributed by atoms with Crippen molar-refractivity contribution >= 4 is 23.6 Å². The summed E-state index contributed by atoms with van der Waals surface area (Å²) in [7, 11) is 0. The number of carboxylic acids is 1. The number of carbonyl (C=O) groups is 2. The zero-order valence-corrected chi connectivity index (χ0v) is 18.6. The van der Waals surface area contributed by atoms with Crippen LogP contribution in [0.15, 0.2) is 30.3 Å². The first-order valence-corrected chi connectivity index (χ1v) is 10.9. The number of carbonyl (C=O) groups excluding carboxylic acids is 1. The molecule has 3 N–H and O–H groups in total. The van der Waals surface area contributed by atoms with Crippen LogP contribution in [0.2, 0.25) is 0 Å². The first kappa shape index (κ1) is 27.7. The van der Waals surface area contributed by atoms with Crippen molar-refractivity contribution in [1.29, 1.82) is 5.26 Å². The molecule has 0 radical (unpaired) electrons. The van der Waals surface area contributed by atoms with E-state index in [0.717, 1.165) is 18.6 Å². The van der Waals surface area contributed by atoms with Gasteiger partial charge in [0.05, 0.1) is 18.7 Å². The Bertz CT molecular complexity index is 800. The molecule has 1 fully saturated rings. The van der Waals surface area contributed by atoms with Crippen LogP contribution in [0.3, 0.4) is 0 Å². The van der Waals surface area contributed by atoms with Crippen molar-refractivity contribution in [2.45, 2.75) is 62.3 Å². The normalized spacial score (nSPS) is 19.5. The molecular weight excluding hydrogens is 450 g/mol. The van der Waals surface area contributed by atoms with Crippen LogP contribution in [0.4, 0.5) is 17.6 Å². The number of nitrogens with two attached hydrogens (primary N) is 1. The van der Waals surface area contributed by atoms with Crippen LogP contribution >= 0.6 is 11.8 Å². The Balaban J connectivity index is 0.000000633. The number of nitriles is 1. The highest BCUT2D eigenvalue weighted by atomic mass is 32.2. The van der Waals surface area contributed by atoms with E-state index in [1.54, 1.807) is 11.8 Å². The van der Waals surface area contributed by atoms with E-state index in [-0.39, 0.29) is 18.9 Å². The topological polar surface area (TPSA) is 107 Å². The maximum absolute atomic E-state index is 13.5. The van der Waals surface area contributed by atoms with Crippen LogP contribution in [-0.2, 0) is 16.0 Å². The largest absolute Gasteiger partial charge is 0.490 e. The van der Waals surface area contributed by atoms with Crippen molar-refractivity contribution in [3.05, 3.63) is 35.9 Å². The number of nitrogens with zero attached hydrogens (tertiary/aromatic N) is 2. The molecule has 178 valence electrons.